The maximum absolute atomic E-state index is 12.1. The normalized spacial score (nSPS) is 12.9. The molecule has 0 N–H and O–H groups in total. The average molecular weight is 289 g/mol. The third-order valence-electron chi connectivity index (χ3n) is 3.63. The van der Waals surface area contributed by atoms with Crippen molar-refractivity contribution in [3.63, 3.8) is 0 Å². The highest BCUT2D eigenvalue weighted by atomic mass is 19.4. The highest BCUT2D eigenvalue weighted by Crippen LogP contribution is 2.37. The van der Waals surface area contributed by atoms with E-state index in [-0.39, 0.29) is 6.42 Å². The molecule has 1 aliphatic carbocycles. The van der Waals surface area contributed by atoms with Crippen molar-refractivity contribution in [2.75, 3.05) is 0 Å². The zero-order chi connectivity index (χ0) is 15.0. The summed E-state index contributed by atoms with van der Waals surface area (Å²) in [7, 11) is 0. The fourth-order valence-corrected chi connectivity index (χ4v) is 2.64. The van der Waals surface area contributed by atoms with Crippen molar-refractivity contribution in [1.82, 2.24) is 0 Å². The van der Waals surface area contributed by atoms with Gasteiger partial charge in [0.2, 0.25) is 0 Å². The molecular weight excluding hydrogens is 277 g/mol. The second-order valence-corrected chi connectivity index (χ2v) is 5.08. The number of halogens is 3. The van der Waals surface area contributed by atoms with Gasteiger partial charge in [0.1, 0.15) is 0 Å². The van der Waals surface area contributed by atoms with E-state index in [1.54, 1.807) is 12.1 Å². The lowest BCUT2D eigenvalue weighted by Crippen LogP contribution is -2.12. The number of hydrogen-bond acceptors (Lipinski definition) is 1. The van der Waals surface area contributed by atoms with E-state index < -0.39 is 18.4 Å². The Balaban J connectivity index is 1.82. The molecule has 0 unspecified atom stereocenters. The van der Waals surface area contributed by atoms with E-state index in [0.717, 1.165) is 23.1 Å². The Kier molecular flexibility index (Phi) is 3.32. The molecule has 0 amide bonds. The second-order valence-electron chi connectivity index (χ2n) is 5.08. The Morgan fingerprint density at radius 1 is 1.05 bits per heavy atom. The molecule has 0 aliphatic heterocycles. The smallest absolute Gasteiger partial charge is 0.294 e. The maximum atomic E-state index is 12.1. The summed E-state index contributed by atoms with van der Waals surface area (Å²) in [6.45, 7) is 0. The van der Waals surface area contributed by atoms with Gasteiger partial charge < -0.3 is 0 Å². The molecule has 21 heavy (non-hydrogen) atoms. The van der Waals surface area contributed by atoms with E-state index in [2.05, 4.69) is 0 Å². The van der Waals surface area contributed by atoms with Crippen LogP contribution in [0.15, 0.2) is 42.5 Å². The van der Waals surface area contributed by atoms with Crippen LogP contribution in [-0.2, 0) is 6.42 Å². The minimum atomic E-state index is -4.41. The zero-order valence-corrected chi connectivity index (χ0v) is 11.1. The summed E-state index contributed by atoms with van der Waals surface area (Å²) < 4.78 is 36.4. The van der Waals surface area contributed by atoms with E-state index in [4.69, 9.17) is 0 Å². The lowest BCUT2D eigenvalue weighted by atomic mass is 10.00. The van der Waals surface area contributed by atoms with Crippen molar-refractivity contribution in [1.29, 1.82) is 0 Å². The van der Waals surface area contributed by atoms with Crippen LogP contribution < -0.4 is 0 Å². The molecule has 1 radical (unpaired) electrons. The summed E-state index contributed by atoms with van der Waals surface area (Å²) >= 11 is 0. The quantitative estimate of drug-likeness (QED) is 0.644. The van der Waals surface area contributed by atoms with Gasteiger partial charge in [-0.1, -0.05) is 36.4 Å². The summed E-state index contributed by atoms with van der Waals surface area (Å²) in [5, 5.41) is 0. The molecule has 3 rings (SSSR count). The molecule has 0 heterocycles. The number of benzene rings is 2. The van der Waals surface area contributed by atoms with E-state index in [0.29, 0.717) is 5.56 Å². The lowest BCUT2D eigenvalue weighted by Gasteiger charge is -2.06. The van der Waals surface area contributed by atoms with E-state index in [9.17, 15) is 18.0 Å². The van der Waals surface area contributed by atoms with Crippen molar-refractivity contribution in [3.8, 4) is 11.1 Å². The molecule has 0 saturated heterocycles. The number of carbonyl (C=O) groups is 1. The lowest BCUT2D eigenvalue weighted by molar-refractivity contribution is -0.0973. The second kappa shape index (κ2) is 5.02. The minimum absolute atomic E-state index is 0.0946. The summed E-state index contributed by atoms with van der Waals surface area (Å²) in [6.07, 6.45) is -4.22. The van der Waals surface area contributed by atoms with Gasteiger partial charge in [-0.05, 0) is 34.7 Å². The van der Waals surface area contributed by atoms with Crippen molar-refractivity contribution in [2.24, 2.45) is 0 Å². The predicted octanol–water partition coefficient (Wildman–Crippen LogP) is 4.60. The first-order valence-electron chi connectivity index (χ1n) is 6.59. The third kappa shape index (κ3) is 2.84. The molecule has 2 aromatic rings. The average Bonchev–Trinajstić information content (AvgIpc) is 2.81. The van der Waals surface area contributed by atoms with E-state index >= 15 is 0 Å². The van der Waals surface area contributed by atoms with Gasteiger partial charge in [0.05, 0.1) is 6.42 Å². The van der Waals surface area contributed by atoms with Crippen LogP contribution in [0.25, 0.3) is 11.1 Å². The number of Topliss-reactive ketones (excluding diaryl/α,β-unsaturated/α-hetero) is 1. The number of rotatable bonds is 3. The van der Waals surface area contributed by atoms with Gasteiger partial charge in [-0.3, -0.25) is 4.79 Å². The summed E-state index contributed by atoms with van der Waals surface area (Å²) in [6, 6.07) is 13.1. The molecule has 0 bridgehead atoms. The van der Waals surface area contributed by atoms with E-state index in [1.165, 1.54) is 5.56 Å². The van der Waals surface area contributed by atoms with Crippen LogP contribution >= 0.6 is 0 Å². The SMILES string of the molecule is O=C(C[CH]C(F)(F)F)c1ccc2c(c1)Cc1ccccc1-2. The molecule has 0 aromatic heterocycles. The predicted molar refractivity (Wildman–Crippen MR) is 74.0 cm³/mol. The topological polar surface area (TPSA) is 17.1 Å². The summed E-state index contributed by atoms with van der Waals surface area (Å²) in [5.41, 5.74) is 4.70. The van der Waals surface area contributed by atoms with Crippen LogP contribution in [0, 0.1) is 6.42 Å². The van der Waals surface area contributed by atoms with Crippen LogP contribution in [-0.4, -0.2) is 12.0 Å². The Hall–Kier alpha value is -2.10. The van der Waals surface area contributed by atoms with Crippen molar-refractivity contribution < 1.29 is 18.0 Å². The highest BCUT2D eigenvalue weighted by molar-refractivity contribution is 5.98. The molecule has 1 aliphatic rings. The van der Waals surface area contributed by atoms with Crippen molar-refractivity contribution in [2.45, 2.75) is 19.0 Å². The molecule has 4 heteroatoms. The first kappa shape index (κ1) is 13.9. The van der Waals surface area contributed by atoms with Gasteiger partial charge >= 0.3 is 6.18 Å². The Bertz CT molecular complexity index is 701. The number of fused-ring (bicyclic) bond motifs is 3. The van der Waals surface area contributed by atoms with E-state index in [1.807, 2.05) is 30.3 Å². The maximum Gasteiger partial charge on any atom is 0.392 e. The number of carbonyl (C=O) groups excluding carboxylic acids is 1. The van der Waals surface area contributed by atoms with Crippen LogP contribution in [0.5, 0.6) is 0 Å². The number of ketones is 1. The molecule has 0 saturated carbocycles. The largest absolute Gasteiger partial charge is 0.392 e. The van der Waals surface area contributed by atoms with Crippen LogP contribution in [0.2, 0.25) is 0 Å². The van der Waals surface area contributed by atoms with Gasteiger partial charge in [-0.15, -0.1) is 0 Å². The molecule has 0 spiro atoms. The van der Waals surface area contributed by atoms with Gasteiger partial charge in [-0.25, -0.2) is 0 Å². The standard InChI is InChI=1S/C17H12F3O/c18-17(19,20)8-7-16(21)12-5-6-15-13(10-12)9-11-3-1-2-4-14(11)15/h1-6,8,10H,7,9H2. The molecule has 107 valence electrons. The Labute approximate surface area is 120 Å². The molecule has 1 nitrogen and oxygen atoms in total. The van der Waals surface area contributed by atoms with Gasteiger partial charge in [0, 0.05) is 12.0 Å². The van der Waals surface area contributed by atoms with Crippen LogP contribution in [0.3, 0.4) is 0 Å². The number of hydrogen-bond donors (Lipinski definition) is 0. The molecular formula is C17H12F3O. The van der Waals surface area contributed by atoms with Crippen molar-refractivity contribution >= 4 is 5.78 Å². The third-order valence-corrected chi connectivity index (χ3v) is 3.63. The molecule has 0 atom stereocenters. The molecule has 0 fully saturated rings. The highest BCUT2D eigenvalue weighted by Gasteiger charge is 2.29. The zero-order valence-electron chi connectivity index (χ0n) is 11.1. The van der Waals surface area contributed by atoms with Crippen molar-refractivity contribution in [3.05, 3.63) is 65.6 Å². The number of alkyl halides is 3. The Morgan fingerprint density at radius 3 is 2.52 bits per heavy atom. The fourth-order valence-electron chi connectivity index (χ4n) is 2.64. The summed E-state index contributed by atoms with van der Waals surface area (Å²) in [5.74, 6) is -0.508. The fraction of sp³-hybridized carbons (Fsp3) is 0.176. The Morgan fingerprint density at radius 2 is 1.76 bits per heavy atom. The first-order valence-corrected chi connectivity index (χ1v) is 6.59. The van der Waals surface area contributed by atoms with Gasteiger partial charge in [0.15, 0.2) is 5.78 Å². The van der Waals surface area contributed by atoms with Crippen LogP contribution in [0.4, 0.5) is 13.2 Å². The minimum Gasteiger partial charge on any atom is -0.294 e. The summed E-state index contributed by atoms with van der Waals surface area (Å²) in [4.78, 5) is 11.8. The monoisotopic (exact) mass is 289 g/mol. The van der Waals surface area contributed by atoms with Gasteiger partial charge in [0.25, 0.3) is 0 Å². The molecule has 2 aromatic carbocycles. The van der Waals surface area contributed by atoms with Gasteiger partial charge in [-0.2, -0.15) is 13.2 Å². The van der Waals surface area contributed by atoms with Crippen LogP contribution in [0.1, 0.15) is 27.9 Å². The first-order chi connectivity index (χ1) is 9.94.